The number of benzene rings is 2. The van der Waals surface area contributed by atoms with E-state index in [4.69, 9.17) is 0 Å². The fourth-order valence-electron chi connectivity index (χ4n) is 2.52. The van der Waals surface area contributed by atoms with Gasteiger partial charge in [0.25, 0.3) is 5.91 Å². The molecule has 0 saturated carbocycles. The molecule has 0 bridgehead atoms. The third-order valence-corrected chi connectivity index (χ3v) is 5.94. The Bertz CT molecular complexity index is 970. The van der Waals surface area contributed by atoms with Crippen LogP contribution in [0.3, 0.4) is 0 Å². The van der Waals surface area contributed by atoms with E-state index in [1.165, 1.54) is 0 Å². The molecule has 8 heteroatoms. The Balaban J connectivity index is 2.14. The molecule has 0 saturated heterocycles. The Labute approximate surface area is 180 Å². The van der Waals surface area contributed by atoms with Gasteiger partial charge >= 0.3 is 0 Å². The van der Waals surface area contributed by atoms with E-state index in [2.05, 4.69) is 47.0 Å². The summed E-state index contributed by atoms with van der Waals surface area (Å²) in [5, 5.41) is 4.09. The predicted molar refractivity (Wildman–Crippen MR) is 122 cm³/mol. The average Bonchev–Trinajstić information content (AvgIpc) is 2.63. The minimum atomic E-state index is -3.62. The zero-order valence-corrected chi connectivity index (χ0v) is 19.3. The maximum Gasteiger partial charge on any atom is 0.260 e. The van der Waals surface area contributed by atoms with Crippen molar-refractivity contribution in [2.24, 2.45) is 5.10 Å². The van der Waals surface area contributed by atoms with E-state index in [1.807, 2.05) is 36.4 Å². The molecule has 0 unspecified atom stereocenters. The first-order valence-electron chi connectivity index (χ1n) is 8.74. The van der Waals surface area contributed by atoms with Gasteiger partial charge in [-0.05, 0) is 70.8 Å². The van der Waals surface area contributed by atoms with Crippen molar-refractivity contribution in [2.45, 2.75) is 26.7 Å². The molecule has 6 nitrogen and oxygen atoms in total. The molecule has 0 aliphatic carbocycles. The van der Waals surface area contributed by atoms with Crippen LogP contribution in [-0.2, 0) is 14.8 Å². The van der Waals surface area contributed by atoms with Crippen LogP contribution in [0.1, 0.15) is 37.8 Å². The Morgan fingerprint density at radius 3 is 2.36 bits per heavy atom. The lowest BCUT2D eigenvalue weighted by Crippen LogP contribution is -2.39. The molecule has 0 radical (unpaired) electrons. The number of rotatable bonds is 7. The summed E-state index contributed by atoms with van der Waals surface area (Å²) in [6, 6.07) is 14.9. The standard InChI is InChI=1S/C20H24IN3O3S/c1-14(2)16-8-10-19(11-9-16)24(28(4,26)27)13-20(25)23-22-15(3)17-6-5-7-18(21)12-17/h5-12,14H,13H2,1-4H3,(H,23,25)/b22-15-. The van der Waals surface area contributed by atoms with Gasteiger partial charge in [0.15, 0.2) is 0 Å². The molecule has 0 aliphatic heterocycles. The van der Waals surface area contributed by atoms with Gasteiger partial charge in [0, 0.05) is 3.57 Å². The number of carbonyl (C=O) groups excluding carboxylic acids is 1. The van der Waals surface area contributed by atoms with Crippen molar-refractivity contribution < 1.29 is 13.2 Å². The van der Waals surface area contributed by atoms with Crippen molar-refractivity contribution in [2.75, 3.05) is 17.1 Å². The number of hydrogen-bond donors (Lipinski definition) is 1. The lowest BCUT2D eigenvalue weighted by Gasteiger charge is -2.22. The summed E-state index contributed by atoms with van der Waals surface area (Å²) in [4.78, 5) is 12.3. The van der Waals surface area contributed by atoms with Crippen molar-refractivity contribution >= 4 is 49.9 Å². The Morgan fingerprint density at radius 1 is 1.18 bits per heavy atom. The lowest BCUT2D eigenvalue weighted by molar-refractivity contribution is -0.119. The molecule has 150 valence electrons. The van der Waals surface area contributed by atoms with E-state index >= 15 is 0 Å². The molecule has 0 heterocycles. The molecule has 1 amide bonds. The second-order valence-electron chi connectivity index (χ2n) is 6.76. The zero-order valence-electron chi connectivity index (χ0n) is 16.3. The maximum atomic E-state index is 12.3. The minimum absolute atomic E-state index is 0.336. The van der Waals surface area contributed by atoms with E-state index in [-0.39, 0.29) is 6.54 Å². The number of amides is 1. The van der Waals surface area contributed by atoms with Crippen LogP contribution in [0.5, 0.6) is 0 Å². The molecule has 0 atom stereocenters. The summed E-state index contributed by atoms with van der Waals surface area (Å²) in [7, 11) is -3.62. The highest BCUT2D eigenvalue weighted by Gasteiger charge is 2.21. The fraction of sp³-hybridized carbons (Fsp3) is 0.300. The highest BCUT2D eigenvalue weighted by molar-refractivity contribution is 14.1. The van der Waals surface area contributed by atoms with Crippen molar-refractivity contribution in [3.63, 3.8) is 0 Å². The Hall–Kier alpha value is -1.94. The third-order valence-electron chi connectivity index (χ3n) is 4.13. The second-order valence-corrected chi connectivity index (χ2v) is 9.91. The maximum absolute atomic E-state index is 12.3. The highest BCUT2D eigenvalue weighted by atomic mass is 127. The van der Waals surface area contributed by atoms with Crippen LogP contribution in [0.15, 0.2) is 53.6 Å². The van der Waals surface area contributed by atoms with E-state index in [0.29, 0.717) is 17.3 Å². The van der Waals surface area contributed by atoms with Crippen molar-refractivity contribution in [3.05, 3.63) is 63.2 Å². The number of nitrogens with zero attached hydrogens (tertiary/aromatic N) is 2. The molecular formula is C20H24IN3O3S. The van der Waals surface area contributed by atoms with Crippen LogP contribution in [0.4, 0.5) is 5.69 Å². The molecular weight excluding hydrogens is 489 g/mol. The summed E-state index contributed by atoms with van der Waals surface area (Å²) in [6.07, 6.45) is 1.08. The summed E-state index contributed by atoms with van der Waals surface area (Å²) in [5.74, 6) is -0.175. The van der Waals surface area contributed by atoms with Gasteiger partial charge in [0.1, 0.15) is 6.54 Å². The summed E-state index contributed by atoms with van der Waals surface area (Å²) < 4.78 is 26.5. The van der Waals surface area contributed by atoms with Crippen molar-refractivity contribution in [1.82, 2.24) is 5.43 Å². The molecule has 2 aromatic rings. The highest BCUT2D eigenvalue weighted by Crippen LogP contribution is 2.21. The quantitative estimate of drug-likeness (QED) is 0.348. The molecule has 0 aromatic heterocycles. The van der Waals surface area contributed by atoms with Gasteiger partial charge < -0.3 is 0 Å². The van der Waals surface area contributed by atoms with Gasteiger partial charge in [0.05, 0.1) is 17.7 Å². The molecule has 0 aliphatic rings. The van der Waals surface area contributed by atoms with Gasteiger partial charge in [-0.1, -0.05) is 38.1 Å². The topological polar surface area (TPSA) is 78.8 Å². The van der Waals surface area contributed by atoms with Gasteiger partial charge in [-0.3, -0.25) is 9.10 Å². The van der Waals surface area contributed by atoms with Gasteiger partial charge in [-0.25, -0.2) is 13.8 Å². The predicted octanol–water partition coefficient (Wildman–Crippen LogP) is 3.72. The largest absolute Gasteiger partial charge is 0.271 e. The number of nitrogens with one attached hydrogen (secondary N) is 1. The molecule has 0 spiro atoms. The summed E-state index contributed by atoms with van der Waals surface area (Å²) >= 11 is 2.20. The number of anilines is 1. The lowest BCUT2D eigenvalue weighted by atomic mass is 10.0. The second kappa shape index (κ2) is 9.51. The Morgan fingerprint density at radius 2 is 1.82 bits per heavy atom. The monoisotopic (exact) mass is 513 g/mol. The van der Waals surface area contributed by atoms with Crippen LogP contribution in [0, 0.1) is 3.57 Å². The SMILES string of the molecule is C/C(=N/NC(=O)CN(c1ccc(C(C)C)cc1)S(C)(=O)=O)c1cccc(I)c1. The van der Waals surface area contributed by atoms with Crippen LogP contribution in [0.2, 0.25) is 0 Å². The minimum Gasteiger partial charge on any atom is -0.271 e. The van der Waals surface area contributed by atoms with Crippen LogP contribution < -0.4 is 9.73 Å². The fourth-order valence-corrected chi connectivity index (χ4v) is 3.92. The van der Waals surface area contributed by atoms with Crippen molar-refractivity contribution in [1.29, 1.82) is 0 Å². The van der Waals surface area contributed by atoms with E-state index < -0.39 is 15.9 Å². The van der Waals surface area contributed by atoms with Gasteiger partial charge in [-0.2, -0.15) is 5.10 Å². The first-order valence-corrected chi connectivity index (χ1v) is 11.7. The first-order chi connectivity index (χ1) is 13.1. The number of halogens is 1. The first kappa shape index (κ1) is 22.4. The van der Waals surface area contributed by atoms with E-state index in [1.54, 1.807) is 19.1 Å². The molecule has 2 rings (SSSR count). The molecule has 1 N–H and O–H groups in total. The molecule has 0 fully saturated rings. The van der Waals surface area contributed by atoms with E-state index in [9.17, 15) is 13.2 Å². The van der Waals surface area contributed by atoms with Crippen molar-refractivity contribution in [3.8, 4) is 0 Å². The van der Waals surface area contributed by atoms with Gasteiger partial charge in [0.2, 0.25) is 10.0 Å². The average molecular weight is 513 g/mol. The summed E-state index contributed by atoms with van der Waals surface area (Å²) in [5.41, 5.74) is 5.51. The Kier molecular flexibility index (Phi) is 7.59. The number of hydrazone groups is 1. The smallest absolute Gasteiger partial charge is 0.260 e. The van der Waals surface area contributed by atoms with Crippen LogP contribution >= 0.6 is 22.6 Å². The molecule has 2 aromatic carbocycles. The van der Waals surface area contributed by atoms with Crippen LogP contribution in [-0.4, -0.2) is 32.8 Å². The normalized spacial score (nSPS) is 12.1. The van der Waals surface area contributed by atoms with Gasteiger partial charge in [-0.15, -0.1) is 0 Å². The number of carbonyl (C=O) groups is 1. The van der Waals surface area contributed by atoms with Crippen LogP contribution in [0.25, 0.3) is 0 Å². The number of sulfonamides is 1. The third kappa shape index (κ3) is 6.30. The zero-order chi connectivity index (χ0) is 20.9. The summed E-state index contributed by atoms with van der Waals surface area (Å²) in [6.45, 7) is 5.56. The van der Waals surface area contributed by atoms with E-state index in [0.717, 1.165) is 25.3 Å². The number of hydrogen-bond acceptors (Lipinski definition) is 4. The molecule has 28 heavy (non-hydrogen) atoms.